The molecule has 2 amide bonds. The van der Waals surface area contributed by atoms with Gasteiger partial charge in [-0.3, -0.25) is 9.59 Å². The van der Waals surface area contributed by atoms with Crippen LogP contribution in [0.4, 0.5) is 0 Å². The number of rotatable bonds is 2. The summed E-state index contributed by atoms with van der Waals surface area (Å²) in [5.74, 6) is 0.0158. The highest BCUT2D eigenvalue weighted by atomic mass is 16.5. The van der Waals surface area contributed by atoms with Gasteiger partial charge in [0.15, 0.2) is 0 Å². The van der Waals surface area contributed by atoms with Gasteiger partial charge in [-0.15, -0.1) is 0 Å². The van der Waals surface area contributed by atoms with Crippen LogP contribution in [0.2, 0.25) is 0 Å². The highest BCUT2D eigenvalue weighted by Crippen LogP contribution is 2.45. The number of hydrogen-bond donors (Lipinski definition) is 0. The molecule has 1 unspecified atom stereocenters. The molecule has 0 radical (unpaired) electrons. The van der Waals surface area contributed by atoms with Crippen LogP contribution in [-0.4, -0.2) is 70.1 Å². The standard InChI is InChI=1S/C19H28N4O3/c1-21-13-15(20-14-21)17(24)23-10-4-5-19(6-11-26-12-7-19)16(23)18(25)22-8-2-3-9-22/h13-14,16H,2-12H2,1H3. The molecule has 1 spiro atoms. The summed E-state index contributed by atoms with van der Waals surface area (Å²) in [6.45, 7) is 3.61. The first-order chi connectivity index (χ1) is 12.6. The number of likely N-dealkylation sites (tertiary alicyclic amines) is 2. The summed E-state index contributed by atoms with van der Waals surface area (Å²) in [5.41, 5.74) is 0.275. The molecule has 1 atom stereocenters. The van der Waals surface area contributed by atoms with Crippen molar-refractivity contribution >= 4 is 11.8 Å². The first kappa shape index (κ1) is 17.5. The topological polar surface area (TPSA) is 67.7 Å². The van der Waals surface area contributed by atoms with Gasteiger partial charge in [-0.25, -0.2) is 4.98 Å². The van der Waals surface area contributed by atoms with Crippen LogP contribution in [-0.2, 0) is 16.6 Å². The average molecular weight is 360 g/mol. The lowest BCUT2D eigenvalue weighted by Crippen LogP contribution is -2.62. The first-order valence-electron chi connectivity index (χ1n) is 9.76. The monoisotopic (exact) mass is 360 g/mol. The largest absolute Gasteiger partial charge is 0.381 e. The van der Waals surface area contributed by atoms with E-state index in [0.717, 1.165) is 51.6 Å². The summed E-state index contributed by atoms with van der Waals surface area (Å²) in [5, 5.41) is 0. The van der Waals surface area contributed by atoms with Gasteiger partial charge in [-0.2, -0.15) is 0 Å². The van der Waals surface area contributed by atoms with E-state index in [0.29, 0.717) is 25.5 Å². The number of imidazole rings is 1. The van der Waals surface area contributed by atoms with Crippen LogP contribution in [0.25, 0.3) is 0 Å². The molecule has 4 heterocycles. The number of ether oxygens (including phenoxy) is 1. The second kappa shape index (κ2) is 7.02. The van der Waals surface area contributed by atoms with E-state index in [4.69, 9.17) is 4.74 Å². The van der Waals surface area contributed by atoms with Crippen molar-refractivity contribution in [2.45, 2.75) is 44.6 Å². The molecule has 0 aliphatic carbocycles. The van der Waals surface area contributed by atoms with Gasteiger partial charge in [-0.05, 0) is 38.5 Å². The zero-order valence-electron chi connectivity index (χ0n) is 15.5. The van der Waals surface area contributed by atoms with Crippen LogP contribution < -0.4 is 0 Å². The summed E-state index contributed by atoms with van der Waals surface area (Å²) in [4.78, 5) is 34.7. The van der Waals surface area contributed by atoms with Crippen LogP contribution in [0.15, 0.2) is 12.5 Å². The molecule has 1 aromatic rings. The van der Waals surface area contributed by atoms with Crippen molar-refractivity contribution in [1.82, 2.24) is 19.4 Å². The number of hydrogen-bond acceptors (Lipinski definition) is 4. The molecule has 0 N–H and O–H groups in total. The Morgan fingerprint density at radius 1 is 1.12 bits per heavy atom. The second-order valence-electron chi connectivity index (χ2n) is 7.94. The molecule has 3 fully saturated rings. The number of amides is 2. The van der Waals surface area contributed by atoms with Crippen molar-refractivity contribution < 1.29 is 14.3 Å². The van der Waals surface area contributed by atoms with Gasteiger partial charge in [0.05, 0.1) is 6.33 Å². The highest BCUT2D eigenvalue weighted by Gasteiger charge is 2.52. The van der Waals surface area contributed by atoms with Gasteiger partial charge in [0.1, 0.15) is 11.7 Å². The predicted octanol–water partition coefficient (Wildman–Crippen LogP) is 1.44. The Balaban J connectivity index is 1.68. The maximum Gasteiger partial charge on any atom is 0.274 e. The Hall–Kier alpha value is -1.89. The van der Waals surface area contributed by atoms with Crippen LogP contribution >= 0.6 is 0 Å². The Bertz CT molecular complexity index is 669. The molecule has 4 rings (SSSR count). The second-order valence-corrected chi connectivity index (χ2v) is 7.94. The van der Waals surface area contributed by atoms with Crippen molar-refractivity contribution in [3.05, 3.63) is 18.2 Å². The molecular formula is C19H28N4O3. The summed E-state index contributed by atoms with van der Waals surface area (Å²) >= 11 is 0. The van der Waals surface area contributed by atoms with Crippen LogP contribution in [0.3, 0.4) is 0 Å². The van der Waals surface area contributed by atoms with Gasteiger partial charge in [0, 0.05) is 51.5 Å². The number of aromatic nitrogens is 2. The predicted molar refractivity (Wildman–Crippen MR) is 95.6 cm³/mol. The fourth-order valence-corrected chi connectivity index (χ4v) is 4.89. The molecule has 26 heavy (non-hydrogen) atoms. The van der Waals surface area contributed by atoms with E-state index < -0.39 is 0 Å². The van der Waals surface area contributed by atoms with E-state index in [1.165, 1.54) is 0 Å². The van der Waals surface area contributed by atoms with Crippen molar-refractivity contribution in [3.63, 3.8) is 0 Å². The summed E-state index contributed by atoms with van der Waals surface area (Å²) in [6.07, 6.45) is 9.12. The minimum absolute atomic E-state index is 0.117. The van der Waals surface area contributed by atoms with Gasteiger partial charge in [0.2, 0.25) is 5.91 Å². The number of piperidine rings is 1. The molecule has 7 nitrogen and oxygen atoms in total. The van der Waals surface area contributed by atoms with Gasteiger partial charge < -0.3 is 19.1 Å². The van der Waals surface area contributed by atoms with Crippen molar-refractivity contribution in [2.24, 2.45) is 12.5 Å². The molecule has 3 saturated heterocycles. The third-order valence-electron chi connectivity index (χ3n) is 6.29. The molecule has 3 aliphatic heterocycles. The Labute approximate surface area is 154 Å². The quantitative estimate of drug-likeness (QED) is 0.800. The highest BCUT2D eigenvalue weighted by molar-refractivity contribution is 5.96. The summed E-state index contributed by atoms with van der Waals surface area (Å²) in [7, 11) is 1.85. The van der Waals surface area contributed by atoms with E-state index in [2.05, 4.69) is 4.98 Å². The molecule has 0 bridgehead atoms. The molecule has 7 heteroatoms. The van der Waals surface area contributed by atoms with Gasteiger partial charge in [-0.1, -0.05) is 0 Å². The fourth-order valence-electron chi connectivity index (χ4n) is 4.89. The maximum atomic E-state index is 13.5. The number of aryl methyl sites for hydroxylation is 1. The zero-order chi connectivity index (χ0) is 18.1. The lowest BCUT2D eigenvalue weighted by atomic mass is 9.67. The number of carbonyl (C=O) groups excluding carboxylic acids is 2. The molecular weight excluding hydrogens is 332 g/mol. The van der Waals surface area contributed by atoms with E-state index >= 15 is 0 Å². The Morgan fingerprint density at radius 3 is 2.50 bits per heavy atom. The minimum Gasteiger partial charge on any atom is -0.381 e. The average Bonchev–Trinajstić information content (AvgIpc) is 3.33. The Morgan fingerprint density at radius 2 is 1.85 bits per heavy atom. The van der Waals surface area contributed by atoms with Gasteiger partial charge in [0.25, 0.3) is 5.91 Å². The van der Waals surface area contributed by atoms with E-state index in [1.807, 2.05) is 16.8 Å². The molecule has 3 aliphatic rings. The van der Waals surface area contributed by atoms with Crippen LogP contribution in [0.5, 0.6) is 0 Å². The lowest BCUT2D eigenvalue weighted by Gasteiger charge is -2.51. The smallest absolute Gasteiger partial charge is 0.274 e. The molecule has 0 aromatic carbocycles. The minimum atomic E-state index is -0.382. The lowest BCUT2D eigenvalue weighted by molar-refractivity contribution is -0.147. The van der Waals surface area contributed by atoms with Crippen LogP contribution in [0.1, 0.15) is 49.0 Å². The van der Waals surface area contributed by atoms with Crippen molar-refractivity contribution in [3.8, 4) is 0 Å². The number of carbonyl (C=O) groups is 2. The normalized spacial score (nSPS) is 25.7. The molecule has 142 valence electrons. The summed E-state index contributed by atoms with van der Waals surface area (Å²) < 4.78 is 7.37. The third-order valence-corrected chi connectivity index (χ3v) is 6.29. The van der Waals surface area contributed by atoms with E-state index in [1.54, 1.807) is 17.1 Å². The molecule has 1 aromatic heterocycles. The summed E-state index contributed by atoms with van der Waals surface area (Å²) in [6, 6.07) is -0.382. The van der Waals surface area contributed by atoms with Crippen LogP contribution in [0, 0.1) is 5.41 Å². The molecule has 0 saturated carbocycles. The van der Waals surface area contributed by atoms with E-state index in [-0.39, 0.29) is 23.3 Å². The van der Waals surface area contributed by atoms with Crippen molar-refractivity contribution in [1.29, 1.82) is 0 Å². The Kier molecular flexibility index (Phi) is 4.73. The number of nitrogens with zero attached hydrogens (tertiary/aromatic N) is 4. The van der Waals surface area contributed by atoms with Crippen molar-refractivity contribution in [2.75, 3.05) is 32.8 Å². The SMILES string of the molecule is Cn1cnc(C(=O)N2CCCC3(CCOCC3)C2C(=O)N2CCCC2)c1. The third kappa shape index (κ3) is 3.02. The maximum absolute atomic E-state index is 13.5. The van der Waals surface area contributed by atoms with Gasteiger partial charge >= 0.3 is 0 Å². The first-order valence-corrected chi connectivity index (χ1v) is 9.76. The fraction of sp³-hybridized carbons (Fsp3) is 0.737. The van der Waals surface area contributed by atoms with E-state index in [9.17, 15) is 9.59 Å². The zero-order valence-corrected chi connectivity index (χ0v) is 15.5.